The van der Waals surface area contributed by atoms with Crippen LogP contribution >= 0.6 is 11.3 Å². The van der Waals surface area contributed by atoms with Gasteiger partial charge in [0.2, 0.25) is 0 Å². The SMILES string of the molecule is Cc1sc2nc(C(C)N(C)Cc3ccco3)[nH]c(=O)c2c1C. The summed E-state index contributed by atoms with van der Waals surface area (Å²) in [6.07, 6.45) is 1.66. The Balaban J connectivity index is 1.94. The van der Waals surface area contributed by atoms with Gasteiger partial charge in [0, 0.05) is 4.88 Å². The minimum Gasteiger partial charge on any atom is -0.468 e. The van der Waals surface area contributed by atoms with Crippen molar-refractivity contribution in [2.24, 2.45) is 0 Å². The van der Waals surface area contributed by atoms with Gasteiger partial charge in [0.05, 0.1) is 24.2 Å². The molecule has 22 heavy (non-hydrogen) atoms. The largest absolute Gasteiger partial charge is 0.468 e. The molecule has 0 aliphatic carbocycles. The lowest BCUT2D eigenvalue weighted by Crippen LogP contribution is -2.25. The van der Waals surface area contributed by atoms with Crippen molar-refractivity contribution in [1.29, 1.82) is 0 Å². The number of nitrogens with one attached hydrogen (secondary N) is 1. The van der Waals surface area contributed by atoms with E-state index < -0.39 is 0 Å². The van der Waals surface area contributed by atoms with Crippen molar-refractivity contribution in [1.82, 2.24) is 14.9 Å². The molecular weight excluding hydrogens is 298 g/mol. The third kappa shape index (κ3) is 2.60. The van der Waals surface area contributed by atoms with Crippen LogP contribution < -0.4 is 5.56 Å². The Morgan fingerprint density at radius 3 is 2.91 bits per heavy atom. The van der Waals surface area contributed by atoms with Crippen molar-refractivity contribution < 1.29 is 4.42 Å². The normalized spacial score (nSPS) is 13.1. The highest BCUT2D eigenvalue weighted by Crippen LogP contribution is 2.27. The summed E-state index contributed by atoms with van der Waals surface area (Å²) in [5.41, 5.74) is 0.969. The fourth-order valence-corrected chi connectivity index (χ4v) is 3.50. The lowest BCUT2D eigenvalue weighted by Gasteiger charge is -2.22. The van der Waals surface area contributed by atoms with Crippen molar-refractivity contribution in [3.05, 3.63) is 50.8 Å². The molecule has 3 aromatic rings. The molecule has 0 aliphatic heterocycles. The van der Waals surface area contributed by atoms with Gasteiger partial charge >= 0.3 is 0 Å². The van der Waals surface area contributed by atoms with Gasteiger partial charge in [-0.05, 0) is 45.5 Å². The first-order valence-corrected chi connectivity index (χ1v) is 8.01. The lowest BCUT2D eigenvalue weighted by molar-refractivity contribution is 0.224. The maximum atomic E-state index is 12.4. The molecule has 1 N–H and O–H groups in total. The summed E-state index contributed by atoms with van der Waals surface area (Å²) in [6.45, 7) is 6.68. The molecule has 3 heterocycles. The second-order valence-electron chi connectivity index (χ2n) is 5.59. The quantitative estimate of drug-likeness (QED) is 0.801. The molecule has 6 heteroatoms. The van der Waals surface area contributed by atoms with Gasteiger partial charge in [-0.2, -0.15) is 0 Å². The highest BCUT2D eigenvalue weighted by Gasteiger charge is 2.18. The minimum atomic E-state index is -0.0555. The van der Waals surface area contributed by atoms with Crippen molar-refractivity contribution in [2.45, 2.75) is 33.4 Å². The minimum absolute atomic E-state index is 0.00934. The average molecular weight is 317 g/mol. The number of hydrogen-bond donors (Lipinski definition) is 1. The molecule has 0 radical (unpaired) electrons. The molecule has 0 saturated carbocycles. The van der Waals surface area contributed by atoms with Crippen molar-refractivity contribution in [2.75, 3.05) is 7.05 Å². The molecule has 5 nitrogen and oxygen atoms in total. The van der Waals surface area contributed by atoms with E-state index in [4.69, 9.17) is 4.42 Å². The first-order valence-electron chi connectivity index (χ1n) is 7.20. The number of aromatic nitrogens is 2. The molecule has 3 rings (SSSR count). The molecule has 0 saturated heterocycles. The van der Waals surface area contributed by atoms with E-state index in [9.17, 15) is 4.79 Å². The van der Waals surface area contributed by atoms with Gasteiger partial charge in [0.1, 0.15) is 16.4 Å². The van der Waals surface area contributed by atoms with Crippen LogP contribution in [-0.2, 0) is 6.54 Å². The lowest BCUT2D eigenvalue weighted by atomic mass is 10.2. The highest BCUT2D eigenvalue weighted by molar-refractivity contribution is 7.18. The Kier molecular flexibility index (Phi) is 3.88. The molecule has 116 valence electrons. The number of fused-ring (bicyclic) bond motifs is 1. The van der Waals surface area contributed by atoms with E-state index in [1.807, 2.05) is 40.0 Å². The van der Waals surface area contributed by atoms with Gasteiger partial charge in [-0.1, -0.05) is 0 Å². The van der Waals surface area contributed by atoms with Crippen molar-refractivity contribution in [3.8, 4) is 0 Å². The summed E-state index contributed by atoms with van der Waals surface area (Å²) in [7, 11) is 1.99. The number of furan rings is 1. The number of hydrogen-bond acceptors (Lipinski definition) is 5. The Bertz CT molecular complexity index is 848. The monoisotopic (exact) mass is 317 g/mol. The number of rotatable bonds is 4. The third-order valence-corrected chi connectivity index (χ3v) is 5.20. The van der Waals surface area contributed by atoms with E-state index >= 15 is 0 Å². The summed E-state index contributed by atoms with van der Waals surface area (Å²) >= 11 is 1.57. The molecular formula is C16H19N3O2S. The van der Waals surface area contributed by atoms with Crippen LogP contribution in [0.25, 0.3) is 10.2 Å². The molecule has 0 spiro atoms. The summed E-state index contributed by atoms with van der Waals surface area (Å²) in [5, 5.41) is 0.715. The van der Waals surface area contributed by atoms with E-state index in [0.29, 0.717) is 17.8 Å². The Morgan fingerprint density at radius 2 is 2.23 bits per heavy atom. The molecule has 1 unspecified atom stereocenters. The maximum Gasteiger partial charge on any atom is 0.259 e. The second-order valence-corrected chi connectivity index (χ2v) is 6.79. The zero-order valence-electron chi connectivity index (χ0n) is 13.1. The van der Waals surface area contributed by atoms with E-state index in [1.54, 1.807) is 17.6 Å². The van der Waals surface area contributed by atoms with Crippen molar-refractivity contribution in [3.63, 3.8) is 0 Å². The molecule has 0 bridgehead atoms. The standard InChI is InChI=1S/C16H19N3O2S/c1-9-11(3)22-16-13(9)15(20)17-14(18-16)10(2)19(4)8-12-6-5-7-21-12/h5-7,10H,8H2,1-4H3,(H,17,18,20). The van der Waals surface area contributed by atoms with E-state index in [1.165, 1.54) is 0 Å². The smallest absolute Gasteiger partial charge is 0.259 e. The number of thiophene rings is 1. The first-order chi connectivity index (χ1) is 10.5. The van der Waals surface area contributed by atoms with Gasteiger partial charge in [-0.15, -0.1) is 11.3 Å². The fraction of sp³-hybridized carbons (Fsp3) is 0.375. The van der Waals surface area contributed by atoms with Crippen LogP contribution in [-0.4, -0.2) is 21.9 Å². The van der Waals surface area contributed by atoms with Crippen LogP contribution in [0.5, 0.6) is 0 Å². The first kappa shape index (κ1) is 15.0. The number of aryl methyl sites for hydroxylation is 2. The van der Waals surface area contributed by atoms with Crippen LogP contribution in [0.1, 0.15) is 35.0 Å². The van der Waals surface area contributed by atoms with Crippen molar-refractivity contribution >= 4 is 21.6 Å². The Labute approximate surface area is 132 Å². The van der Waals surface area contributed by atoms with Crippen LogP contribution in [0.15, 0.2) is 27.6 Å². The van der Waals surface area contributed by atoms with Crippen LogP contribution in [0.3, 0.4) is 0 Å². The molecule has 0 fully saturated rings. The van der Waals surface area contributed by atoms with Crippen LogP contribution in [0.2, 0.25) is 0 Å². The highest BCUT2D eigenvalue weighted by atomic mass is 32.1. The van der Waals surface area contributed by atoms with Crippen LogP contribution in [0, 0.1) is 13.8 Å². The zero-order valence-corrected chi connectivity index (χ0v) is 14.0. The van der Waals surface area contributed by atoms with E-state index in [-0.39, 0.29) is 11.6 Å². The predicted molar refractivity (Wildman–Crippen MR) is 88.3 cm³/mol. The predicted octanol–water partition coefficient (Wildman–Crippen LogP) is 3.39. The summed E-state index contributed by atoms with van der Waals surface area (Å²) in [6, 6.07) is 3.80. The van der Waals surface area contributed by atoms with Crippen LogP contribution in [0.4, 0.5) is 0 Å². The topological polar surface area (TPSA) is 62.1 Å². The molecule has 1 atom stereocenters. The number of aromatic amines is 1. The Hall–Kier alpha value is -1.92. The molecule has 0 aliphatic rings. The summed E-state index contributed by atoms with van der Waals surface area (Å²) < 4.78 is 5.37. The molecule has 3 aromatic heterocycles. The Morgan fingerprint density at radius 1 is 1.45 bits per heavy atom. The van der Waals surface area contributed by atoms with Gasteiger partial charge in [0.15, 0.2) is 0 Å². The summed E-state index contributed by atoms with van der Waals surface area (Å²) in [4.78, 5) is 24.0. The summed E-state index contributed by atoms with van der Waals surface area (Å²) in [5.74, 6) is 1.58. The number of nitrogens with zero attached hydrogens (tertiary/aromatic N) is 2. The zero-order chi connectivity index (χ0) is 15.9. The maximum absolute atomic E-state index is 12.4. The van der Waals surface area contributed by atoms with Gasteiger partial charge in [-0.25, -0.2) is 4.98 Å². The second kappa shape index (κ2) is 5.70. The number of H-pyrrole nitrogens is 1. The van der Waals surface area contributed by atoms with E-state index in [2.05, 4.69) is 14.9 Å². The molecule has 0 amide bonds. The van der Waals surface area contributed by atoms with Gasteiger partial charge in [-0.3, -0.25) is 9.69 Å². The average Bonchev–Trinajstić information content (AvgIpc) is 3.07. The molecule has 0 aromatic carbocycles. The fourth-order valence-electron chi connectivity index (χ4n) is 2.46. The van der Waals surface area contributed by atoms with Gasteiger partial charge < -0.3 is 9.40 Å². The third-order valence-electron chi connectivity index (χ3n) is 4.10. The van der Waals surface area contributed by atoms with Gasteiger partial charge in [0.25, 0.3) is 5.56 Å². The van der Waals surface area contributed by atoms with E-state index in [0.717, 1.165) is 21.0 Å².